The standard InChI is InChI=1S/C11H16ClN3O3/c1-7(2)15(6-5-10(13)14-17)11(16)8-3-4-9(12)18-8/h3-4,7,17H,5-6H2,1-2H3,(H2,13,14). The molecule has 18 heavy (non-hydrogen) atoms. The van der Waals surface area contributed by atoms with Crippen LogP contribution in [0.25, 0.3) is 0 Å². The highest BCUT2D eigenvalue weighted by Gasteiger charge is 2.21. The number of nitrogens with zero attached hydrogens (tertiary/aromatic N) is 2. The predicted octanol–water partition coefficient (Wildman–Crippen LogP) is 1.92. The minimum atomic E-state index is -0.275. The summed E-state index contributed by atoms with van der Waals surface area (Å²) in [7, 11) is 0. The number of hydrogen-bond donors (Lipinski definition) is 2. The van der Waals surface area contributed by atoms with E-state index in [1.54, 1.807) is 4.90 Å². The molecule has 0 spiro atoms. The fraction of sp³-hybridized carbons (Fsp3) is 0.455. The molecular formula is C11H16ClN3O3. The number of nitrogens with two attached hydrogens (primary N) is 1. The van der Waals surface area contributed by atoms with E-state index in [0.717, 1.165) is 0 Å². The van der Waals surface area contributed by atoms with Crippen LogP contribution in [0.2, 0.25) is 5.22 Å². The second kappa shape index (κ2) is 6.30. The SMILES string of the molecule is CC(C)N(CC/C(N)=N/O)C(=O)c1ccc(Cl)o1. The first-order valence-corrected chi connectivity index (χ1v) is 5.86. The van der Waals surface area contributed by atoms with Gasteiger partial charge in [-0.2, -0.15) is 0 Å². The quantitative estimate of drug-likeness (QED) is 0.371. The summed E-state index contributed by atoms with van der Waals surface area (Å²) in [6, 6.07) is 2.99. The molecule has 0 aliphatic heterocycles. The summed E-state index contributed by atoms with van der Waals surface area (Å²) in [4.78, 5) is 13.7. The lowest BCUT2D eigenvalue weighted by Gasteiger charge is -2.25. The second-order valence-corrected chi connectivity index (χ2v) is 4.41. The van der Waals surface area contributed by atoms with Gasteiger partial charge >= 0.3 is 0 Å². The maximum atomic E-state index is 12.1. The fourth-order valence-electron chi connectivity index (χ4n) is 1.45. The molecule has 0 saturated heterocycles. The topological polar surface area (TPSA) is 92.1 Å². The molecule has 0 radical (unpaired) electrons. The lowest BCUT2D eigenvalue weighted by molar-refractivity contribution is 0.0678. The molecular weight excluding hydrogens is 258 g/mol. The van der Waals surface area contributed by atoms with Gasteiger partial charge in [0.1, 0.15) is 5.84 Å². The summed E-state index contributed by atoms with van der Waals surface area (Å²) in [6.45, 7) is 4.08. The summed E-state index contributed by atoms with van der Waals surface area (Å²) >= 11 is 5.63. The Balaban J connectivity index is 2.76. The van der Waals surface area contributed by atoms with Gasteiger partial charge in [0.05, 0.1) is 0 Å². The van der Waals surface area contributed by atoms with E-state index in [0.29, 0.717) is 6.54 Å². The second-order valence-electron chi connectivity index (χ2n) is 4.04. The number of carbonyl (C=O) groups excluding carboxylic acids is 1. The van der Waals surface area contributed by atoms with E-state index in [4.69, 9.17) is 27.0 Å². The van der Waals surface area contributed by atoms with E-state index < -0.39 is 0 Å². The zero-order chi connectivity index (χ0) is 13.7. The van der Waals surface area contributed by atoms with Gasteiger partial charge in [0.25, 0.3) is 5.91 Å². The van der Waals surface area contributed by atoms with Crippen molar-refractivity contribution in [1.29, 1.82) is 0 Å². The van der Waals surface area contributed by atoms with Gasteiger partial charge in [-0.25, -0.2) is 0 Å². The lowest BCUT2D eigenvalue weighted by Crippen LogP contribution is -2.39. The van der Waals surface area contributed by atoms with Crippen molar-refractivity contribution in [2.45, 2.75) is 26.3 Å². The zero-order valence-electron chi connectivity index (χ0n) is 10.3. The summed E-state index contributed by atoms with van der Waals surface area (Å²) < 4.78 is 5.07. The molecule has 0 aliphatic carbocycles. The maximum Gasteiger partial charge on any atom is 0.289 e. The largest absolute Gasteiger partial charge is 0.440 e. The first-order chi connectivity index (χ1) is 8.45. The van der Waals surface area contributed by atoms with E-state index in [9.17, 15) is 4.79 Å². The first-order valence-electron chi connectivity index (χ1n) is 5.48. The van der Waals surface area contributed by atoms with Gasteiger partial charge in [0.15, 0.2) is 11.0 Å². The maximum absolute atomic E-state index is 12.1. The molecule has 1 heterocycles. The number of amidine groups is 1. The van der Waals surface area contributed by atoms with Crippen molar-refractivity contribution in [3.8, 4) is 0 Å². The molecule has 1 aromatic rings. The number of furan rings is 1. The summed E-state index contributed by atoms with van der Waals surface area (Å²) in [5, 5.41) is 11.5. The Morgan fingerprint density at radius 1 is 1.61 bits per heavy atom. The summed E-state index contributed by atoms with van der Waals surface area (Å²) in [5.74, 6) is -0.0261. The van der Waals surface area contributed by atoms with E-state index >= 15 is 0 Å². The Bertz CT molecular complexity index is 442. The van der Waals surface area contributed by atoms with Crippen LogP contribution in [0.1, 0.15) is 30.8 Å². The lowest BCUT2D eigenvalue weighted by atomic mass is 10.2. The van der Waals surface area contributed by atoms with Crippen LogP contribution >= 0.6 is 11.6 Å². The zero-order valence-corrected chi connectivity index (χ0v) is 11.0. The Morgan fingerprint density at radius 2 is 2.28 bits per heavy atom. The molecule has 1 amide bonds. The highest BCUT2D eigenvalue weighted by atomic mass is 35.5. The van der Waals surface area contributed by atoms with Crippen molar-refractivity contribution >= 4 is 23.3 Å². The molecule has 7 heteroatoms. The van der Waals surface area contributed by atoms with Crippen molar-refractivity contribution in [3.63, 3.8) is 0 Å². The molecule has 3 N–H and O–H groups in total. The number of halogens is 1. The smallest absolute Gasteiger partial charge is 0.289 e. The third-order valence-electron chi connectivity index (χ3n) is 2.41. The number of hydrogen-bond acceptors (Lipinski definition) is 4. The molecule has 6 nitrogen and oxygen atoms in total. The molecule has 0 aliphatic rings. The van der Waals surface area contributed by atoms with Crippen LogP contribution in [0, 0.1) is 0 Å². The van der Waals surface area contributed by atoms with Gasteiger partial charge in [-0.3, -0.25) is 4.79 Å². The predicted molar refractivity (Wildman–Crippen MR) is 67.9 cm³/mol. The first kappa shape index (κ1) is 14.4. The molecule has 0 saturated carbocycles. The van der Waals surface area contributed by atoms with Crippen molar-refractivity contribution in [2.24, 2.45) is 10.9 Å². The van der Waals surface area contributed by atoms with Crippen LogP contribution in [0.15, 0.2) is 21.7 Å². The monoisotopic (exact) mass is 273 g/mol. The van der Waals surface area contributed by atoms with E-state index in [-0.39, 0.29) is 35.2 Å². The van der Waals surface area contributed by atoms with Crippen LogP contribution in [-0.2, 0) is 0 Å². The van der Waals surface area contributed by atoms with Crippen LogP contribution < -0.4 is 5.73 Å². The summed E-state index contributed by atoms with van der Waals surface area (Å²) in [6.07, 6.45) is 0.287. The minimum absolute atomic E-state index is 0.0344. The summed E-state index contributed by atoms with van der Waals surface area (Å²) in [5.41, 5.74) is 5.38. The Kier molecular flexibility index (Phi) is 5.03. The van der Waals surface area contributed by atoms with Gasteiger partial charge in [-0.1, -0.05) is 5.16 Å². The molecule has 0 aromatic carbocycles. The molecule has 0 atom stereocenters. The van der Waals surface area contributed by atoms with Crippen LogP contribution in [-0.4, -0.2) is 34.4 Å². The highest BCUT2D eigenvalue weighted by molar-refractivity contribution is 6.29. The van der Waals surface area contributed by atoms with E-state index in [1.807, 2.05) is 13.8 Å². The number of oxime groups is 1. The number of amides is 1. The van der Waals surface area contributed by atoms with Gasteiger partial charge < -0.3 is 20.3 Å². The molecule has 1 aromatic heterocycles. The number of rotatable bonds is 5. The van der Waals surface area contributed by atoms with Crippen molar-refractivity contribution in [1.82, 2.24) is 4.90 Å². The molecule has 1 rings (SSSR count). The average molecular weight is 274 g/mol. The van der Waals surface area contributed by atoms with E-state index in [2.05, 4.69) is 5.16 Å². The fourth-order valence-corrected chi connectivity index (χ4v) is 1.60. The number of carbonyl (C=O) groups is 1. The highest BCUT2D eigenvalue weighted by Crippen LogP contribution is 2.16. The average Bonchev–Trinajstić information content (AvgIpc) is 2.75. The van der Waals surface area contributed by atoms with Gasteiger partial charge in [-0.05, 0) is 37.6 Å². The van der Waals surface area contributed by atoms with Gasteiger partial charge in [-0.15, -0.1) is 0 Å². The van der Waals surface area contributed by atoms with Crippen molar-refractivity contribution in [2.75, 3.05) is 6.54 Å². The molecule has 0 bridgehead atoms. The van der Waals surface area contributed by atoms with Crippen molar-refractivity contribution in [3.05, 3.63) is 23.1 Å². The van der Waals surface area contributed by atoms with Crippen LogP contribution in [0.4, 0.5) is 0 Å². The molecule has 0 unspecified atom stereocenters. The van der Waals surface area contributed by atoms with Crippen LogP contribution in [0.3, 0.4) is 0 Å². The van der Waals surface area contributed by atoms with Gasteiger partial charge in [0, 0.05) is 19.0 Å². The van der Waals surface area contributed by atoms with Gasteiger partial charge in [0.2, 0.25) is 0 Å². The Morgan fingerprint density at radius 3 is 2.72 bits per heavy atom. The molecule has 100 valence electrons. The Hall–Kier alpha value is -1.69. The normalized spacial score (nSPS) is 11.9. The minimum Gasteiger partial charge on any atom is -0.440 e. The van der Waals surface area contributed by atoms with Crippen molar-refractivity contribution < 1.29 is 14.4 Å². The third-order valence-corrected chi connectivity index (χ3v) is 2.61. The van der Waals surface area contributed by atoms with Crippen LogP contribution in [0.5, 0.6) is 0 Å². The Labute approximate surface area is 110 Å². The molecule has 0 fully saturated rings. The third kappa shape index (κ3) is 3.66. The van der Waals surface area contributed by atoms with E-state index in [1.165, 1.54) is 12.1 Å².